The van der Waals surface area contributed by atoms with Gasteiger partial charge in [0.1, 0.15) is 5.82 Å². The fourth-order valence-corrected chi connectivity index (χ4v) is 3.21. The van der Waals surface area contributed by atoms with Crippen molar-refractivity contribution in [1.82, 2.24) is 9.80 Å². The third kappa shape index (κ3) is 4.34. The summed E-state index contributed by atoms with van der Waals surface area (Å²) in [5, 5.41) is 2.78. The molecule has 7 heteroatoms. The van der Waals surface area contributed by atoms with Crippen molar-refractivity contribution in [2.24, 2.45) is 5.92 Å². The first kappa shape index (κ1) is 16.5. The molecule has 2 fully saturated rings. The van der Waals surface area contributed by atoms with Gasteiger partial charge in [0, 0.05) is 38.4 Å². The molecule has 2 saturated heterocycles. The maximum Gasteiger partial charge on any atom is 0.321 e. The number of nitrogens with zero attached hydrogens (tertiary/aromatic N) is 2. The van der Waals surface area contributed by atoms with E-state index in [0.717, 1.165) is 52.4 Å². The summed E-state index contributed by atoms with van der Waals surface area (Å²) in [5.74, 6) is -0.0445. The number of hydrogen-bond donors (Lipinski definition) is 1. The van der Waals surface area contributed by atoms with Gasteiger partial charge in [-0.25, -0.2) is 9.18 Å². The average molecular weight is 342 g/mol. The lowest BCUT2D eigenvalue weighted by molar-refractivity contribution is 0.0314. The van der Waals surface area contributed by atoms with Crippen LogP contribution in [0, 0.1) is 11.7 Å². The number of carbonyl (C=O) groups excluding carboxylic acids is 1. The number of halogens is 2. The highest BCUT2D eigenvalue weighted by atomic mass is 35.5. The van der Waals surface area contributed by atoms with Crippen LogP contribution in [0.5, 0.6) is 0 Å². The van der Waals surface area contributed by atoms with Crippen molar-refractivity contribution in [1.29, 1.82) is 0 Å². The van der Waals surface area contributed by atoms with Crippen LogP contribution in [0.1, 0.15) is 6.42 Å². The number of urea groups is 1. The number of morpholine rings is 1. The second kappa shape index (κ2) is 7.47. The Bertz CT molecular complexity index is 566. The van der Waals surface area contributed by atoms with Crippen molar-refractivity contribution in [2.75, 3.05) is 51.3 Å². The number of benzene rings is 1. The minimum absolute atomic E-state index is 0.0507. The van der Waals surface area contributed by atoms with Gasteiger partial charge < -0.3 is 15.0 Å². The first-order valence-corrected chi connectivity index (χ1v) is 8.30. The molecule has 0 radical (unpaired) electrons. The van der Waals surface area contributed by atoms with Crippen LogP contribution in [-0.4, -0.2) is 61.8 Å². The summed E-state index contributed by atoms with van der Waals surface area (Å²) in [6, 6.07) is 4.10. The van der Waals surface area contributed by atoms with Gasteiger partial charge in [0.25, 0.3) is 0 Å². The maximum absolute atomic E-state index is 13.4. The minimum atomic E-state index is -0.531. The van der Waals surface area contributed by atoms with E-state index in [1.165, 1.54) is 12.1 Å². The van der Waals surface area contributed by atoms with E-state index >= 15 is 0 Å². The lowest BCUT2D eigenvalue weighted by Gasteiger charge is -2.29. The van der Waals surface area contributed by atoms with Crippen molar-refractivity contribution < 1.29 is 13.9 Å². The van der Waals surface area contributed by atoms with Crippen molar-refractivity contribution in [3.63, 3.8) is 0 Å². The highest BCUT2D eigenvalue weighted by Crippen LogP contribution is 2.21. The van der Waals surface area contributed by atoms with Crippen LogP contribution in [0.3, 0.4) is 0 Å². The van der Waals surface area contributed by atoms with E-state index in [9.17, 15) is 9.18 Å². The normalized spacial score (nSPS) is 22.3. The topological polar surface area (TPSA) is 44.8 Å². The third-order valence-electron chi connectivity index (χ3n) is 4.36. The molecule has 0 unspecified atom stereocenters. The Morgan fingerprint density at radius 3 is 2.87 bits per heavy atom. The first-order valence-electron chi connectivity index (χ1n) is 7.93. The van der Waals surface area contributed by atoms with Gasteiger partial charge in [-0.15, -0.1) is 0 Å². The quantitative estimate of drug-likeness (QED) is 0.919. The smallest absolute Gasteiger partial charge is 0.321 e. The molecule has 0 spiro atoms. The zero-order valence-corrected chi connectivity index (χ0v) is 13.7. The summed E-state index contributed by atoms with van der Waals surface area (Å²) in [7, 11) is 0. The molecule has 3 rings (SSSR count). The summed E-state index contributed by atoms with van der Waals surface area (Å²) in [4.78, 5) is 16.5. The zero-order valence-electron chi connectivity index (χ0n) is 12.9. The fourth-order valence-electron chi connectivity index (χ4n) is 3.09. The van der Waals surface area contributed by atoms with Crippen LogP contribution in [0.25, 0.3) is 0 Å². The highest BCUT2D eigenvalue weighted by molar-refractivity contribution is 6.30. The van der Waals surface area contributed by atoms with E-state index in [0.29, 0.717) is 11.6 Å². The molecule has 2 aliphatic rings. The summed E-state index contributed by atoms with van der Waals surface area (Å²) < 4.78 is 18.8. The molecule has 0 aliphatic carbocycles. The number of ether oxygens (including phenoxy) is 1. The molecule has 126 valence electrons. The number of nitrogens with one attached hydrogen (secondary N) is 1. The fraction of sp³-hybridized carbons (Fsp3) is 0.562. The van der Waals surface area contributed by atoms with Crippen molar-refractivity contribution >= 4 is 23.3 Å². The summed E-state index contributed by atoms with van der Waals surface area (Å²) in [6.07, 6.45) is 1.000. The van der Waals surface area contributed by atoms with E-state index in [1.807, 2.05) is 0 Å². The Hall–Kier alpha value is -1.37. The Morgan fingerprint density at radius 2 is 2.13 bits per heavy atom. The second-order valence-corrected chi connectivity index (χ2v) is 6.48. The van der Waals surface area contributed by atoms with Gasteiger partial charge in [0.05, 0.1) is 18.2 Å². The van der Waals surface area contributed by atoms with E-state index in [4.69, 9.17) is 16.3 Å². The molecular weight excluding hydrogens is 321 g/mol. The Morgan fingerprint density at radius 1 is 1.35 bits per heavy atom. The largest absolute Gasteiger partial charge is 0.379 e. The maximum atomic E-state index is 13.4. The van der Waals surface area contributed by atoms with E-state index < -0.39 is 5.82 Å². The van der Waals surface area contributed by atoms with Crippen LogP contribution in [0.2, 0.25) is 5.02 Å². The summed E-state index contributed by atoms with van der Waals surface area (Å²) in [5.41, 5.74) is 0.425. The highest BCUT2D eigenvalue weighted by Gasteiger charge is 2.28. The van der Waals surface area contributed by atoms with Crippen LogP contribution in [0.4, 0.5) is 14.9 Å². The number of rotatable bonds is 3. The number of likely N-dealkylation sites (tertiary alicyclic amines) is 1. The molecule has 0 aromatic heterocycles. The van der Waals surface area contributed by atoms with Crippen molar-refractivity contribution in [3.8, 4) is 0 Å². The van der Waals surface area contributed by atoms with E-state index in [-0.39, 0.29) is 11.1 Å². The summed E-state index contributed by atoms with van der Waals surface area (Å²) >= 11 is 5.64. The van der Waals surface area contributed by atoms with Gasteiger partial charge in [-0.3, -0.25) is 4.90 Å². The number of anilines is 1. The zero-order chi connectivity index (χ0) is 16.2. The molecular formula is C16H21ClFN3O2. The SMILES string of the molecule is O=C(Nc1ccc(Cl)c(F)c1)N1CC[C@@H](CN2CCOCC2)C1. The molecule has 1 aromatic rings. The van der Waals surface area contributed by atoms with Gasteiger partial charge >= 0.3 is 6.03 Å². The monoisotopic (exact) mass is 341 g/mol. The first-order chi connectivity index (χ1) is 11.1. The van der Waals surface area contributed by atoms with Gasteiger partial charge in [-0.05, 0) is 30.5 Å². The number of carbonyl (C=O) groups is 1. The van der Waals surface area contributed by atoms with Crippen LogP contribution in [-0.2, 0) is 4.74 Å². The minimum Gasteiger partial charge on any atom is -0.379 e. The van der Waals surface area contributed by atoms with Crippen LogP contribution >= 0.6 is 11.6 Å². The molecule has 2 amide bonds. The number of amides is 2. The Balaban J connectivity index is 1.49. The second-order valence-electron chi connectivity index (χ2n) is 6.07. The van der Waals surface area contributed by atoms with Crippen LogP contribution < -0.4 is 5.32 Å². The molecule has 1 atom stereocenters. The molecule has 23 heavy (non-hydrogen) atoms. The van der Waals surface area contributed by atoms with Gasteiger partial charge in [-0.2, -0.15) is 0 Å². The summed E-state index contributed by atoms with van der Waals surface area (Å²) in [6.45, 7) is 5.98. The Kier molecular flexibility index (Phi) is 5.35. The molecule has 0 saturated carbocycles. The standard InChI is InChI=1S/C16H21ClFN3O2/c17-14-2-1-13(9-15(14)18)19-16(22)21-4-3-12(11-21)10-20-5-7-23-8-6-20/h1-2,9,12H,3-8,10-11H2,(H,19,22)/t12-/m0/s1. The molecule has 1 N–H and O–H groups in total. The lowest BCUT2D eigenvalue weighted by Crippen LogP contribution is -2.40. The Labute approximate surface area is 140 Å². The van der Waals surface area contributed by atoms with Gasteiger partial charge in [0.15, 0.2) is 0 Å². The predicted octanol–water partition coefficient (Wildman–Crippen LogP) is 2.67. The van der Waals surface area contributed by atoms with Crippen molar-refractivity contribution in [3.05, 3.63) is 29.0 Å². The molecule has 1 aromatic carbocycles. The van der Waals surface area contributed by atoms with Gasteiger partial charge in [0.2, 0.25) is 0 Å². The lowest BCUT2D eigenvalue weighted by atomic mass is 10.1. The van der Waals surface area contributed by atoms with Crippen molar-refractivity contribution in [2.45, 2.75) is 6.42 Å². The third-order valence-corrected chi connectivity index (χ3v) is 4.67. The molecule has 0 bridgehead atoms. The van der Waals surface area contributed by atoms with E-state index in [1.54, 1.807) is 11.0 Å². The van der Waals surface area contributed by atoms with E-state index in [2.05, 4.69) is 10.2 Å². The van der Waals surface area contributed by atoms with Gasteiger partial charge in [-0.1, -0.05) is 11.6 Å². The molecule has 2 aliphatic heterocycles. The molecule has 2 heterocycles. The number of hydrogen-bond acceptors (Lipinski definition) is 3. The average Bonchev–Trinajstić information content (AvgIpc) is 3.00. The molecule has 5 nitrogen and oxygen atoms in total. The van der Waals surface area contributed by atoms with Crippen LogP contribution in [0.15, 0.2) is 18.2 Å². The predicted molar refractivity (Wildman–Crippen MR) is 87.4 cm³/mol.